The molecule has 0 radical (unpaired) electrons. The van der Waals surface area contributed by atoms with Crippen molar-refractivity contribution in [1.29, 1.82) is 0 Å². The van der Waals surface area contributed by atoms with Gasteiger partial charge in [0.2, 0.25) is 5.91 Å². The van der Waals surface area contributed by atoms with E-state index < -0.39 is 0 Å². The van der Waals surface area contributed by atoms with Gasteiger partial charge in [0.15, 0.2) is 0 Å². The first-order chi connectivity index (χ1) is 7.33. The highest BCUT2D eigenvalue weighted by Crippen LogP contribution is 2.05. The average Bonchev–Trinajstić information content (AvgIpc) is 2.74. The highest BCUT2D eigenvalue weighted by atomic mass is 16.6. The first-order valence-electron chi connectivity index (χ1n) is 5.96. The first kappa shape index (κ1) is 12.5. The predicted molar refractivity (Wildman–Crippen MR) is 59.3 cm³/mol. The number of hydrogen-bond donors (Lipinski definition) is 1. The molecule has 0 bridgehead atoms. The molecule has 4 heteroatoms. The van der Waals surface area contributed by atoms with Gasteiger partial charge in [-0.3, -0.25) is 9.63 Å². The summed E-state index contributed by atoms with van der Waals surface area (Å²) in [5.74, 6) is -0.00160. The Morgan fingerprint density at radius 1 is 1.40 bits per heavy atom. The second-order valence-electron chi connectivity index (χ2n) is 4.03. The van der Waals surface area contributed by atoms with Crippen LogP contribution in [0, 0.1) is 0 Å². The third-order valence-electron chi connectivity index (χ3n) is 2.65. The van der Waals surface area contributed by atoms with Crippen molar-refractivity contribution in [2.24, 2.45) is 0 Å². The third kappa shape index (κ3) is 5.74. The van der Waals surface area contributed by atoms with Gasteiger partial charge in [-0.25, -0.2) is 5.48 Å². The molecule has 1 heterocycles. The fourth-order valence-electron chi connectivity index (χ4n) is 1.70. The Balaban J connectivity index is 1.89. The van der Waals surface area contributed by atoms with Gasteiger partial charge in [0.25, 0.3) is 0 Å². The molecule has 1 rings (SSSR count). The molecule has 0 spiro atoms. The molecule has 0 aromatic heterocycles. The summed E-state index contributed by atoms with van der Waals surface area (Å²) in [7, 11) is 0. The maximum absolute atomic E-state index is 11.1. The molecule has 1 saturated heterocycles. The van der Waals surface area contributed by atoms with Crippen LogP contribution in [0.15, 0.2) is 0 Å². The van der Waals surface area contributed by atoms with Gasteiger partial charge < -0.3 is 4.90 Å². The Hall–Kier alpha value is -0.610. The summed E-state index contributed by atoms with van der Waals surface area (Å²) in [5.41, 5.74) is 2.48. The minimum atomic E-state index is -0.00160. The van der Waals surface area contributed by atoms with E-state index in [1.165, 1.54) is 25.9 Å². The molecular formula is C11H22N2O2. The molecule has 0 aromatic rings. The quantitative estimate of drug-likeness (QED) is 0.513. The van der Waals surface area contributed by atoms with Gasteiger partial charge in [-0.15, -0.1) is 0 Å². The number of rotatable bonds is 7. The van der Waals surface area contributed by atoms with E-state index >= 15 is 0 Å². The van der Waals surface area contributed by atoms with E-state index in [2.05, 4.69) is 17.3 Å². The van der Waals surface area contributed by atoms with Crippen molar-refractivity contribution in [3.8, 4) is 0 Å². The van der Waals surface area contributed by atoms with Gasteiger partial charge in [0.05, 0.1) is 6.61 Å². The molecule has 0 aliphatic carbocycles. The molecule has 1 amide bonds. The van der Waals surface area contributed by atoms with Crippen LogP contribution in [0.4, 0.5) is 0 Å². The van der Waals surface area contributed by atoms with Crippen LogP contribution in [0.2, 0.25) is 0 Å². The smallest absolute Gasteiger partial charge is 0.243 e. The summed E-state index contributed by atoms with van der Waals surface area (Å²) >= 11 is 0. The van der Waals surface area contributed by atoms with Gasteiger partial charge in [-0.1, -0.05) is 13.3 Å². The maximum Gasteiger partial charge on any atom is 0.243 e. The number of likely N-dealkylation sites (tertiary alicyclic amines) is 1. The fourth-order valence-corrected chi connectivity index (χ4v) is 1.70. The van der Waals surface area contributed by atoms with Crippen LogP contribution in [0.5, 0.6) is 0 Å². The van der Waals surface area contributed by atoms with Crippen LogP contribution >= 0.6 is 0 Å². The average molecular weight is 214 g/mol. The number of hydrogen-bond acceptors (Lipinski definition) is 3. The third-order valence-corrected chi connectivity index (χ3v) is 2.65. The van der Waals surface area contributed by atoms with Crippen molar-refractivity contribution in [1.82, 2.24) is 10.4 Å². The Labute approximate surface area is 91.9 Å². The molecule has 88 valence electrons. The fraction of sp³-hybridized carbons (Fsp3) is 0.909. The Morgan fingerprint density at radius 3 is 2.80 bits per heavy atom. The molecule has 1 N–H and O–H groups in total. The molecule has 0 unspecified atom stereocenters. The Bertz CT molecular complexity index is 179. The van der Waals surface area contributed by atoms with Gasteiger partial charge >= 0.3 is 0 Å². The van der Waals surface area contributed by atoms with Gasteiger partial charge in [0.1, 0.15) is 0 Å². The predicted octanol–water partition coefficient (Wildman–Crippen LogP) is 1.32. The largest absolute Gasteiger partial charge is 0.301 e. The minimum Gasteiger partial charge on any atom is -0.301 e. The van der Waals surface area contributed by atoms with Crippen LogP contribution in [-0.4, -0.2) is 37.0 Å². The molecule has 0 aromatic carbocycles. The number of nitrogens with one attached hydrogen (secondary N) is 1. The van der Waals surface area contributed by atoms with Crippen LogP contribution in [0.25, 0.3) is 0 Å². The molecule has 1 aliphatic heterocycles. The lowest BCUT2D eigenvalue weighted by Crippen LogP contribution is -2.30. The highest BCUT2D eigenvalue weighted by molar-refractivity contribution is 5.74. The summed E-state index contributed by atoms with van der Waals surface area (Å²) < 4.78 is 0. The van der Waals surface area contributed by atoms with Crippen molar-refractivity contribution in [2.45, 2.75) is 39.0 Å². The molecule has 1 aliphatic rings. The number of nitrogens with zero attached hydrogens (tertiary/aromatic N) is 1. The summed E-state index contributed by atoms with van der Waals surface area (Å²) in [6, 6.07) is 0. The lowest BCUT2D eigenvalue weighted by molar-refractivity contribution is -0.133. The van der Waals surface area contributed by atoms with Crippen molar-refractivity contribution in [3.05, 3.63) is 0 Å². The second kappa shape index (κ2) is 7.65. The lowest BCUT2D eigenvalue weighted by Gasteiger charge is -2.14. The molecule has 0 atom stereocenters. The lowest BCUT2D eigenvalue weighted by atomic mass is 10.2. The maximum atomic E-state index is 11.1. The van der Waals surface area contributed by atoms with E-state index in [1.807, 2.05) is 0 Å². The second-order valence-corrected chi connectivity index (χ2v) is 4.03. The van der Waals surface area contributed by atoms with E-state index in [4.69, 9.17) is 4.84 Å². The van der Waals surface area contributed by atoms with Crippen LogP contribution < -0.4 is 5.48 Å². The monoisotopic (exact) mass is 214 g/mol. The summed E-state index contributed by atoms with van der Waals surface area (Å²) in [4.78, 5) is 18.6. The SMILES string of the molecule is CCCCC(=O)NOCCN1CCCC1. The number of carbonyl (C=O) groups is 1. The number of amides is 1. The Kier molecular flexibility index (Phi) is 6.36. The van der Waals surface area contributed by atoms with E-state index in [1.54, 1.807) is 0 Å². The molecule has 4 nitrogen and oxygen atoms in total. The highest BCUT2D eigenvalue weighted by Gasteiger charge is 2.10. The molecular weight excluding hydrogens is 192 g/mol. The number of unbranched alkanes of at least 4 members (excludes halogenated alkanes) is 1. The van der Waals surface area contributed by atoms with Gasteiger partial charge in [0, 0.05) is 13.0 Å². The summed E-state index contributed by atoms with van der Waals surface area (Å²) in [5, 5.41) is 0. The van der Waals surface area contributed by atoms with E-state index in [-0.39, 0.29) is 5.91 Å². The van der Waals surface area contributed by atoms with Gasteiger partial charge in [-0.2, -0.15) is 0 Å². The van der Waals surface area contributed by atoms with Crippen LogP contribution in [-0.2, 0) is 9.63 Å². The van der Waals surface area contributed by atoms with Crippen LogP contribution in [0.3, 0.4) is 0 Å². The van der Waals surface area contributed by atoms with E-state index in [0.717, 1.165) is 19.4 Å². The molecule has 15 heavy (non-hydrogen) atoms. The number of carbonyl (C=O) groups excluding carboxylic acids is 1. The van der Waals surface area contributed by atoms with Crippen LogP contribution in [0.1, 0.15) is 39.0 Å². The standard InChI is InChI=1S/C11H22N2O2/c1-2-3-6-11(14)12-15-10-9-13-7-4-5-8-13/h2-10H2,1H3,(H,12,14). The Morgan fingerprint density at radius 2 is 2.13 bits per heavy atom. The van der Waals surface area contributed by atoms with E-state index in [0.29, 0.717) is 13.0 Å². The van der Waals surface area contributed by atoms with Crippen molar-refractivity contribution in [3.63, 3.8) is 0 Å². The topological polar surface area (TPSA) is 41.6 Å². The molecule has 0 saturated carbocycles. The zero-order chi connectivity index (χ0) is 10.9. The first-order valence-corrected chi connectivity index (χ1v) is 5.96. The number of hydroxylamine groups is 1. The summed E-state index contributed by atoms with van der Waals surface area (Å²) in [6.45, 7) is 5.94. The minimum absolute atomic E-state index is 0.00160. The zero-order valence-electron chi connectivity index (χ0n) is 9.63. The van der Waals surface area contributed by atoms with Crippen molar-refractivity contribution >= 4 is 5.91 Å². The van der Waals surface area contributed by atoms with E-state index in [9.17, 15) is 4.79 Å². The van der Waals surface area contributed by atoms with Crippen molar-refractivity contribution in [2.75, 3.05) is 26.2 Å². The van der Waals surface area contributed by atoms with Gasteiger partial charge in [-0.05, 0) is 32.4 Å². The molecule has 1 fully saturated rings. The zero-order valence-corrected chi connectivity index (χ0v) is 9.63. The normalized spacial score (nSPS) is 16.9. The van der Waals surface area contributed by atoms with Crippen molar-refractivity contribution < 1.29 is 9.63 Å². The summed E-state index contributed by atoms with van der Waals surface area (Å²) in [6.07, 6.45) is 5.13.